The minimum atomic E-state index is -0.342. The second kappa shape index (κ2) is 4.78. The zero-order valence-corrected chi connectivity index (χ0v) is 10.1. The van der Waals surface area contributed by atoms with Crippen LogP contribution in [0.1, 0.15) is 16.6 Å². The molecule has 0 aliphatic carbocycles. The largest absolute Gasteiger partial charge is 0.480 e. The summed E-state index contributed by atoms with van der Waals surface area (Å²) in [6.45, 7) is 0. The van der Waals surface area contributed by atoms with E-state index in [0.29, 0.717) is 16.6 Å². The third-order valence-corrected chi connectivity index (χ3v) is 3.56. The lowest BCUT2D eigenvalue weighted by Crippen LogP contribution is -2.13. The van der Waals surface area contributed by atoms with Gasteiger partial charge in [-0.15, -0.1) is 21.5 Å². The number of methoxy groups -OCH3 is 1. The van der Waals surface area contributed by atoms with Gasteiger partial charge in [0, 0.05) is 10.9 Å². The first kappa shape index (κ1) is 11.3. The Morgan fingerprint density at radius 3 is 2.69 bits per heavy atom. The molecule has 6 heteroatoms. The molecule has 0 radical (unpaired) electrons. The van der Waals surface area contributed by atoms with Crippen LogP contribution >= 0.6 is 22.9 Å². The normalized spacial score (nSPS) is 12.4. The standard InChI is InChI=1S/C10H10ClN3OS/c1-15-8-3-2-7(13-14-8)9(12)10-6(11)4-5-16-10/h2-5,9H,12H2,1H3. The molecule has 4 nitrogen and oxygen atoms in total. The van der Waals surface area contributed by atoms with Crippen LogP contribution in [0.3, 0.4) is 0 Å². The van der Waals surface area contributed by atoms with Crippen LogP contribution in [0.15, 0.2) is 23.6 Å². The summed E-state index contributed by atoms with van der Waals surface area (Å²) in [6, 6.07) is 4.99. The fourth-order valence-corrected chi connectivity index (χ4v) is 2.45. The van der Waals surface area contributed by atoms with Crippen molar-refractivity contribution in [2.75, 3.05) is 7.11 Å². The molecule has 0 bridgehead atoms. The summed E-state index contributed by atoms with van der Waals surface area (Å²) in [5.41, 5.74) is 6.71. The first-order valence-corrected chi connectivity index (χ1v) is 5.84. The Morgan fingerprint density at radius 2 is 2.19 bits per heavy atom. The highest BCUT2D eigenvalue weighted by Gasteiger charge is 2.15. The van der Waals surface area contributed by atoms with E-state index in [1.54, 1.807) is 19.2 Å². The van der Waals surface area contributed by atoms with Crippen molar-refractivity contribution in [3.8, 4) is 5.88 Å². The predicted octanol–water partition coefficient (Wildman–Crippen LogP) is 2.25. The molecule has 0 saturated heterocycles. The summed E-state index contributed by atoms with van der Waals surface area (Å²) >= 11 is 7.51. The molecule has 0 spiro atoms. The smallest absolute Gasteiger partial charge is 0.233 e. The van der Waals surface area contributed by atoms with Gasteiger partial charge in [0.2, 0.25) is 5.88 Å². The molecule has 0 saturated carbocycles. The minimum absolute atomic E-state index is 0.342. The van der Waals surface area contributed by atoms with Gasteiger partial charge in [-0.2, -0.15) is 0 Å². The molecule has 2 aromatic heterocycles. The van der Waals surface area contributed by atoms with E-state index in [1.807, 2.05) is 11.4 Å². The van der Waals surface area contributed by atoms with Crippen molar-refractivity contribution < 1.29 is 4.74 Å². The summed E-state index contributed by atoms with van der Waals surface area (Å²) in [4.78, 5) is 0.890. The Labute approximate surface area is 102 Å². The van der Waals surface area contributed by atoms with Gasteiger partial charge in [-0.25, -0.2) is 0 Å². The van der Waals surface area contributed by atoms with Crippen molar-refractivity contribution in [2.24, 2.45) is 5.73 Å². The van der Waals surface area contributed by atoms with E-state index >= 15 is 0 Å². The van der Waals surface area contributed by atoms with Gasteiger partial charge in [-0.1, -0.05) is 11.6 Å². The molecule has 1 unspecified atom stereocenters. The van der Waals surface area contributed by atoms with Crippen LogP contribution in [0.2, 0.25) is 5.02 Å². The van der Waals surface area contributed by atoms with Crippen molar-refractivity contribution in [1.29, 1.82) is 0 Å². The Hall–Kier alpha value is -1.17. The monoisotopic (exact) mass is 255 g/mol. The Morgan fingerprint density at radius 1 is 1.38 bits per heavy atom. The minimum Gasteiger partial charge on any atom is -0.480 e. The zero-order valence-electron chi connectivity index (χ0n) is 8.55. The number of ether oxygens (including phenoxy) is 1. The third-order valence-electron chi connectivity index (χ3n) is 2.12. The van der Waals surface area contributed by atoms with Crippen molar-refractivity contribution in [1.82, 2.24) is 10.2 Å². The summed E-state index contributed by atoms with van der Waals surface area (Å²) in [5, 5.41) is 10.4. The number of thiophene rings is 1. The van der Waals surface area contributed by atoms with Gasteiger partial charge >= 0.3 is 0 Å². The van der Waals surface area contributed by atoms with Crippen LogP contribution in [0.5, 0.6) is 5.88 Å². The van der Waals surface area contributed by atoms with Gasteiger partial charge in [0.15, 0.2) is 0 Å². The van der Waals surface area contributed by atoms with E-state index in [-0.39, 0.29) is 6.04 Å². The summed E-state index contributed by atoms with van der Waals surface area (Å²) in [5.74, 6) is 0.466. The quantitative estimate of drug-likeness (QED) is 0.914. The van der Waals surface area contributed by atoms with Crippen LogP contribution in [0.4, 0.5) is 0 Å². The SMILES string of the molecule is COc1ccc(C(N)c2sccc2Cl)nn1. The van der Waals surface area contributed by atoms with E-state index in [1.165, 1.54) is 11.3 Å². The molecule has 84 valence electrons. The first-order chi connectivity index (χ1) is 7.72. The van der Waals surface area contributed by atoms with Crippen molar-refractivity contribution in [2.45, 2.75) is 6.04 Å². The Kier molecular flexibility index (Phi) is 3.38. The van der Waals surface area contributed by atoms with Gasteiger partial charge < -0.3 is 10.5 Å². The van der Waals surface area contributed by atoms with Gasteiger partial charge in [0.05, 0.1) is 23.9 Å². The van der Waals surface area contributed by atoms with Crippen LogP contribution in [0.25, 0.3) is 0 Å². The second-order valence-corrected chi connectivity index (χ2v) is 4.47. The van der Waals surface area contributed by atoms with Crippen LogP contribution in [-0.2, 0) is 0 Å². The molecule has 2 heterocycles. The number of hydrogen-bond acceptors (Lipinski definition) is 5. The molecule has 0 aliphatic rings. The fourth-order valence-electron chi connectivity index (χ4n) is 1.27. The summed E-state index contributed by atoms with van der Waals surface area (Å²) < 4.78 is 4.93. The first-order valence-electron chi connectivity index (χ1n) is 4.58. The lowest BCUT2D eigenvalue weighted by Gasteiger charge is -2.09. The lowest BCUT2D eigenvalue weighted by molar-refractivity contribution is 0.391. The topological polar surface area (TPSA) is 61.0 Å². The van der Waals surface area contributed by atoms with E-state index < -0.39 is 0 Å². The predicted molar refractivity (Wildman–Crippen MR) is 63.9 cm³/mol. The van der Waals surface area contributed by atoms with Gasteiger partial charge in [-0.3, -0.25) is 0 Å². The average Bonchev–Trinajstić information content (AvgIpc) is 2.75. The number of nitrogens with zero attached hydrogens (tertiary/aromatic N) is 2. The molecule has 2 rings (SSSR count). The number of rotatable bonds is 3. The molecular formula is C10H10ClN3OS. The molecule has 0 aromatic carbocycles. The maximum absolute atomic E-state index is 6.04. The second-order valence-electron chi connectivity index (χ2n) is 3.11. The van der Waals surface area contributed by atoms with E-state index in [4.69, 9.17) is 22.1 Å². The number of hydrogen-bond donors (Lipinski definition) is 1. The van der Waals surface area contributed by atoms with E-state index in [0.717, 1.165) is 4.88 Å². The number of aromatic nitrogens is 2. The Balaban J connectivity index is 2.27. The third kappa shape index (κ3) is 2.16. The Bertz CT molecular complexity index is 471. The molecule has 2 N–H and O–H groups in total. The molecule has 0 fully saturated rings. The van der Waals surface area contributed by atoms with Crippen molar-refractivity contribution >= 4 is 22.9 Å². The molecule has 2 aromatic rings. The maximum Gasteiger partial charge on any atom is 0.233 e. The molecule has 1 atom stereocenters. The summed E-state index contributed by atoms with van der Waals surface area (Å²) in [6.07, 6.45) is 0. The molecular weight excluding hydrogens is 246 g/mol. The average molecular weight is 256 g/mol. The summed E-state index contributed by atoms with van der Waals surface area (Å²) in [7, 11) is 1.54. The van der Waals surface area contributed by atoms with Crippen LogP contribution in [-0.4, -0.2) is 17.3 Å². The highest BCUT2D eigenvalue weighted by atomic mass is 35.5. The van der Waals surface area contributed by atoms with Gasteiger partial charge in [-0.05, 0) is 17.5 Å². The van der Waals surface area contributed by atoms with Crippen LogP contribution < -0.4 is 10.5 Å². The van der Waals surface area contributed by atoms with Gasteiger partial charge in [0.25, 0.3) is 0 Å². The highest BCUT2D eigenvalue weighted by Crippen LogP contribution is 2.30. The van der Waals surface area contributed by atoms with Crippen molar-refractivity contribution in [3.63, 3.8) is 0 Å². The highest BCUT2D eigenvalue weighted by molar-refractivity contribution is 7.10. The maximum atomic E-state index is 6.04. The molecule has 0 amide bonds. The van der Waals surface area contributed by atoms with E-state index in [9.17, 15) is 0 Å². The van der Waals surface area contributed by atoms with E-state index in [2.05, 4.69) is 10.2 Å². The fraction of sp³-hybridized carbons (Fsp3) is 0.200. The zero-order chi connectivity index (χ0) is 11.5. The number of halogens is 1. The molecule has 16 heavy (non-hydrogen) atoms. The lowest BCUT2D eigenvalue weighted by atomic mass is 10.2. The number of nitrogens with two attached hydrogens (primary N) is 1. The molecule has 0 aliphatic heterocycles. The van der Waals surface area contributed by atoms with Gasteiger partial charge in [0.1, 0.15) is 0 Å². The van der Waals surface area contributed by atoms with Crippen molar-refractivity contribution in [3.05, 3.63) is 39.2 Å². The van der Waals surface area contributed by atoms with Crippen LogP contribution in [0, 0.1) is 0 Å².